The maximum Gasteiger partial charge on any atom is 0.316 e. The molecule has 0 radical (unpaired) electrons. The lowest BCUT2D eigenvalue weighted by molar-refractivity contribution is -0.0365. The zero-order valence-electron chi connectivity index (χ0n) is 27.6. The summed E-state index contributed by atoms with van der Waals surface area (Å²) in [5.41, 5.74) is 3.62. The topological polar surface area (TPSA) is 89.8 Å². The minimum atomic E-state index is -2.03. The second-order valence-corrected chi connectivity index (χ2v) is 18.0. The molecule has 0 spiro atoms. The SMILES string of the molecule is CC(COCCCOc1nccc(-c2nn(C3CCCCO3)c3ccc(O[Si](C)(C)C(C)(C)C)cc23)n1)OCc1ccccc1. The van der Waals surface area contributed by atoms with Crippen molar-refractivity contribution in [2.75, 3.05) is 26.4 Å². The van der Waals surface area contributed by atoms with Crippen LogP contribution in [0, 0.1) is 0 Å². The smallest absolute Gasteiger partial charge is 0.316 e. The van der Waals surface area contributed by atoms with Gasteiger partial charge in [0.05, 0.1) is 37.1 Å². The first-order chi connectivity index (χ1) is 21.6. The van der Waals surface area contributed by atoms with Gasteiger partial charge in [-0.05, 0) is 74.1 Å². The maximum absolute atomic E-state index is 6.67. The molecule has 2 aromatic heterocycles. The molecule has 1 aliphatic rings. The molecule has 0 amide bonds. The van der Waals surface area contributed by atoms with Gasteiger partial charge in [0.25, 0.3) is 0 Å². The van der Waals surface area contributed by atoms with E-state index in [0.717, 1.165) is 53.8 Å². The fourth-order valence-electron chi connectivity index (χ4n) is 4.93. The molecule has 9 nitrogen and oxygen atoms in total. The summed E-state index contributed by atoms with van der Waals surface area (Å²) in [6, 6.07) is 18.6. The summed E-state index contributed by atoms with van der Waals surface area (Å²) in [4.78, 5) is 9.11. The van der Waals surface area contributed by atoms with Crippen molar-refractivity contribution in [1.29, 1.82) is 0 Å². The molecule has 0 N–H and O–H groups in total. The molecule has 0 bridgehead atoms. The van der Waals surface area contributed by atoms with E-state index in [0.29, 0.717) is 44.6 Å². The minimum absolute atomic E-state index is 0.00701. The van der Waals surface area contributed by atoms with Gasteiger partial charge in [-0.2, -0.15) is 10.1 Å². The molecule has 5 rings (SSSR count). The first-order valence-corrected chi connectivity index (χ1v) is 19.0. The fraction of sp³-hybridized carbons (Fsp3) is 0.514. The molecule has 1 saturated heterocycles. The van der Waals surface area contributed by atoms with Gasteiger partial charge in [-0.1, -0.05) is 51.1 Å². The molecule has 2 aromatic carbocycles. The zero-order valence-corrected chi connectivity index (χ0v) is 28.6. The van der Waals surface area contributed by atoms with Gasteiger partial charge in [-0.15, -0.1) is 0 Å². The van der Waals surface area contributed by atoms with E-state index in [2.05, 4.69) is 69.2 Å². The first kappa shape index (κ1) is 33.1. The molecule has 1 fully saturated rings. The van der Waals surface area contributed by atoms with Gasteiger partial charge >= 0.3 is 6.01 Å². The van der Waals surface area contributed by atoms with Crippen LogP contribution in [0.1, 0.15) is 65.2 Å². The van der Waals surface area contributed by atoms with E-state index in [1.165, 1.54) is 0 Å². The van der Waals surface area contributed by atoms with Gasteiger partial charge in [-0.25, -0.2) is 9.67 Å². The third-order valence-electron chi connectivity index (χ3n) is 8.56. The highest BCUT2D eigenvalue weighted by Gasteiger charge is 2.39. The van der Waals surface area contributed by atoms with E-state index in [1.54, 1.807) is 6.20 Å². The highest BCUT2D eigenvalue weighted by atomic mass is 28.4. The van der Waals surface area contributed by atoms with Crippen LogP contribution in [-0.2, 0) is 20.8 Å². The number of hydrogen-bond donors (Lipinski definition) is 0. The van der Waals surface area contributed by atoms with Crippen molar-refractivity contribution in [2.45, 2.75) is 90.4 Å². The van der Waals surface area contributed by atoms with Crippen LogP contribution in [0.4, 0.5) is 0 Å². The van der Waals surface area contributed by atoms with Gasteiger partial charge in [-0.3, -0.25) is 0 Å². The van der Waals surface area contributed by atoms with Crippen molar-refractivity contribution in [3.63, 3.8) is 0 Å². The zero-order chi connectivity index (χ0) is 31.9. The van der Waals surface area contributed by atoms with E-state index in [4.69, 9.17) is 33.5 Å². The van der Waals surface area contributed by atoms with Crippen molar-refractivity contribution in [2.24, 2.45) is 0 Å². The number of benzene rings is 2. The van der Waals surface area contributed by atoms with Crippen LogP contribution >= 0.6 is 0 Å². The molecule has 0 saturated carbocycles. The van der Waals surface area contributed by atoms with E-state index in [9.17, 15) is 0 Å². The number of ether oxygens (including phenoxy) is 4. The Bertz CT molecular complexity index is 1520. The maximum atomic E-state index is 6.67. The lowest BCUT2D eigenvalue weighted by Crippen LogP contribution is -2.43. The number of aromatic nitrogens is 4. The predicted molar refractivity (Wildman–Crippen MR) is 179 cm³/mol. The third-order valence-corrected chi connectivity index (χ3v) is 12.9. The molecule has 2 unspecified atom stereocenters. The highest BCUT2D eigenvalue weighted by Crippen LogP contribution is 2.39. The molecule has 2 atom stereocenters. The average molecular weight is 633 g/mol. The Kier molecular flexibility index (Phi) is 10.9. The molecule has 3 heterocycles. The molecule has 4 aromatic rings. The van der Waals surface area contributed by atoms with Crippen molar-refractivity contribution in [3.05, 3.63) is 66.4 Å². The third kappa shape index (κ3) is 8.69. The normalized spacial score (nSPS) is 16.5. The van der Waals surface area contributed by atoms with Gasteiger partial charge < -0.3 is 23.4 Å². The average Bonchev–Trinajstić information content (AvgIpc) is 3.41. The first-order valence-electron chi connectivity index (χ1n) is 16.1. The Morgan fingerprint density at radius 1 is 1.04 bits per heavy atom. The summed E-state index contributed by atoms with van der Waals surface area (Å²) in [6.07, 6.45) is 5.45. The molecule has 1 aliphatic heterocycles. The van der Waals surface area contributed by atoms with Crippen molar-refractivity contribution >= 4 is 19.2 Å². The summed E-state index contributed by atoms with van der Waals surface area (Å²) in [5, 5.41) is 6.11. The Morgan fingerprint density at radius 2 is 1.87 bits per heavy atom. The van der Waals surface area contributed by atoms with Crippen LogP contribution < -0.4 is 9.16 Å². The van der Waals surface area contributed by atoms with Gasteiger partial charge in [0.15, 0.2) is 6.23 Å². The molecule has 0 aliphatic carbocycles. The minimum Gasteiger partial charge on any atom is -0.543 e. The molecule has 45 heavy (non-hydrogen) atoms. The Hall–Kier alpha value is -3.31. The second-order valence-electron chi connectivity index (χ2n) is 13.3. The molecule has 242 valence electrons. The summed E-state index contributed by atoms with van der Waals surface area (Å²) in [6.45, 7) is 16.1. The Balaban J connectivity index is 1.23. The molecular weight excluding hydrogens is 584 g/mol. The van der Waals surface area contributed by atoms with Crippen LogP contribution in [0.5, 0.6) is 11.8 Å². The molecule has 10 heteroatoms. The van der Waals surface area contributed by atoms with E-state index in [1.807, 2.05) is 35.9 Å². The second kappa shape index (κ2) is 14.9. The monoisotopic (exact) mass is 632 g/mol. The quantitative estimate of drug-likeness (QED) is 0.102. The van der Waals surface area contributed by atoms with Crippen LogP contribution in [-0.4, -0.2) is 60.6 Å². The van der Waals surface area contributed by atoms with Gasteiger partial charge in [0.2, 0.25) is 8.32 Å². The summed E-state index contributed by atoms with van der Waals surface area (Å²) < 4.78 is 32.4. The Morgan fingerprint density at radius 3 is 2.62 bits per heavy atom. The van der Waals surface area contributed by atoms with Crippen LogP contribution in [0.2, 0.25) is 18.1 Å². The van der Waals surface area contributed by atoms with Crippen LogP contribution in [0.25, 0.3) is 22.3 Å². The largest absolute Gasteiger partial charge is 0.543 e. The van der Waals surface area contributed by atoms with Gasteiger partial charge in [0.1, 0.15) is 11.4 Å². The summed E-state index contributed by atoms with van der Waals surface area (Å²) in [5.74, 6) is 0.852. The number of hydrogen-bond acceptors (Lipinski definition) is 8. The number of rotatable bonds is 14. The predicted octanol–water partition coefficient (Wildman–Crippen LogP) is 7.97. The van der Waals surface area contributed by atoms with Crippen LogP contribution in [0.15, 0.2) is 60.8 Å². The lowest BCUT2D eigenvalue weighted by atomic mass is 10.1. The van der Waals surface area contributed by atoms with Crippen molar-refractivity contribution in [3.8, 4) is 23.1 Å². The molecular formula is C35H48N4O5Si. The summed E-state index contributed by atoms with van der Waals surface area (Å²) >= 11 is 0. The van der Waals surface area contributed by atoms with E-state index >= 15 is 0 Å². The van der Waals surface area contributed by atoms with Crippen LogP contribution in [0.3, 0.4) is 0 Å². The van der Waals surface area contributed by atoms with E-state index < -0.39 is 8.32 Å². The number of fused-ring (bicyclic) bond motifs is 1. The van der Waals surface area contributed by atoms with Crippen molar-refractivity contribution < 1.29 is 23.4 Å². The highest BCUT2D eigenvalue weighted by molar-refractivity contribution is 6.74. The fourth-order valence-corrected chi connectivity index (χ4v) is 5.96. The standard InChI is InChI=1S/C35H48N4O5Si/c1-26(43-25-27-13-8-7-9-14-27)24-40-20-12-22-42-34-36-19-18-30(37-34)33-29-23-28(44-45(5,6)35(2,3)4)16-17-31(29)39(38-33)32-15-10-11-21-41-32/h7-9,13-14,16-19,23,26,32H,10-12,15,20-22,24-25H2,1-6H3. The Labute approximate surface area is 268 Å². The van der Waals surface area contributed by atoms with E-state index in [-0.39, 0.29) is 17.4 Å². The number of nitrogens with zero attached hydrogens (tertiary/aromatic N) is 4. The summed E-state index contributed by atoms with van der Waals surface area (Å²) in [7, 11) is -2.03. The van der Waals surface area contributed by atoms with Crippen molar-refractivity contribution in [1.82, 2.24) is 19.7 Å². The lowest BCUT2D eigenvalue weighted by Gasteiger charge is -2.36. The van der Waals surface area contributed by atoms with Gasteiger partial charge in [0, 0.05) is 31.2 Å².